The second-order valence-electron chi connectivity index (χ2n) is 4.06. The standard InChI is InChI=1S/C14H12F2N2OS/c15-9-5-10(16)7-12(6-9)18-14(19)8-20-13-3-1-11(17)2-4-13/h1-7H,8,17H2,(H,18,19). The predicted molar refractivity (Wildman–Crippen MR) is 76.6 cm³/mol. The summed E-state index contributed by atoms with van der Waals surface area (Å²) in [5.74, 6) is -1.66. The summed E-state index contributed by atoms with van der Waals surface area (Å²) in [6.45, 7) is 0. The normalized spacial score (nSPS) is 10.3. The molecule has 0 fully saturated rings. The van der Waals surface area contributed by atoms with Crippen molar-refractivity contribution in [1.29, 1.82) is 0 Å². The fourth-order valence-electron chi connectivity index (χ4n) is 1.54. The van der Waals surface area contributed by atoms with Crippen LogP contribution in [0, 0.1) is 11.6 Å². The Kier molecular flexibility index (Phi) is 4.57. The number of hydrogen-bond acceptors (Lipinski definition) is 3. The van der Waals surface area contributed by atoms with E-state index in [1.54, 1.807) is 24.3 Å². The molecule has 0 radical (unpaired) electrons. The van der Waals surface area contributed by atoms with Gasteiger partial charge < -0.3 is 11.1 Å². The second-order valence-corrected chi connectivity index (χ2v) is 5.11. The Labute approximate surface area is 119 Å². The van der Waals surface area contributed by atoms with Crippen molar-refractivity contribution in [2.45, 2.75) is 4.90 Å². The van der Waals surface area contributed by atoms with Gasteiger partial charge in [-0.15, -0.1) is 11.8 Å². The average molecular weight is 294 g/mol. The molecule has 3 N–H and O–H groups in total. The maximum Gasteiger partial charge on any atom is 0.234 e. The van der Waals surface area contributed by atoms with Crippen molar-refractivity contribution in [2.75, 3.05) is 16.8 Å². The molecule has 2 aromatic carbocycles. The van der Waals surface area contributed by atoms with Gasteiger partial charge in [0.25, 0.3) is 0 Å². The van der Waals surface area contributed by atoms with Crippen LogP contribution in [0.1, 0.15) is 0 Å². The van der Waals surface area contributed by atoms with Gasteiger partial charge >= 0.3 is 0 Å². The lowest BCUT2D eigenvalue weighted by molar-refractivity contribution is -0.113. The van der Waals surface area contributed by atoms with Gasteiger partial charge in [0.1, 0.15) is 11.6 Å². The molecule has 0 heterocycles. The van der Waals surface area contributed by atoms with E-state index in [0.717, 1.165) is 23.1 Å². The van der Waals surface area contributed by atoms with E-state index in [1.165, 1.54) is 11.8 Å². The first kappa shape index (κ1) is 14.3. The van der Waals surface area contributed by atoms with E-state index in [4.69, 9.17) is 5.73 Å². The highest BCUT2D eigenvalue weighted by Crippen LogP contribution is 2.20. The van der Waals surface area contributed by atoms with Crippen LogP contribution in [0.5, 0.6) is 0 Å². The molecule has 104 valence electrons. The molecule has 6 heteroatoms. The third-order valence-corrected chi connectivity index (χ3v) is 3.41. The monoisotopic (exact) mass is 294 g/mol. The highest BCUT2D eigenvalue weighted by atomic mass is 32.2. The summed E-state index contributed by atoms with van der Waals surface area (Å²) in [6.07, 6.45) is 0. The number of rotatable bonds is 4. The maximum atomic E-state index is 13.0. The quantitative estimate of drug-likeness (QED) is 0.672. The zero-order chi connectivity index (χ0) is 14.5. The Morgan fingerprint density at radius 3 is 2.30 bits per heavy atom. The number of carbonyl (C=O) groups is 1. The lowest BCUT2D eigenvalue weighted by Gasteiger charge is -2.06. The molecule has 0 aliphatic rings. The Morgan fingerprint density at radius 1 is 1.10 bits per heavy atom. The molecule has 0 unspecified atom stereocenters. The molecule has 0 aliphatic carbocycles. The molecule has 0 spiro atoms. The smallest absolute Gasteiger partial charge is 0.234 e. The molecule has 0 aliphatic heterocycles. The van der Waals surface area contributed by atoms with Gasteiger partial charge in [-0.1, -0.05) is 0 Å². The van der Waals surface area contributed by atoms with Gasteiger partial charge in [-0.25, -0.2) is 8.78 Å². The van der Waals surface area contributed by atoms with Gasteiger partial charge in [0.05, 0.1) is 5.75 Å². The van der Waals surface area contributed by atoms with Gasteiger partial charge in [-0.2, -0.15) is 0 Å². The van der Waals surface area contributed by atoms with Crippen molar-refractivity contribution >= 4 is 29.0 Å². The summed E-state index contributed by atoms with van der Waals surface area (Å²) in [5.41, 5.74) is 6.30. The molecular weight excluding hydrogens is 282 g/mol. The fraction of sp³-hybridized carbons (Fsp3) is 0.0714. The molecule has 0 atom stereocenters. The Bertz CT molecular complexity index is 597. The van der Waals surface area contributed by atoms with E-state index >= 15 is 0 Å². The number of amides is 1. The minimum atomic E-state index is -0.730. The average Bonchev–Trinajstić information content (AvgIpc) is 2.37. The summed E-state index contributed by atoms with van der Waals surface area (Å²) >= 11 is 1.31. The van der Waals surface area contributed by atoms with E-state index in [2.05, 4.69) is 5.32 Å². The highest BCUT2D eigenvalue weighted by molar-refractivity contribution is 8.00. The minimum absolute atomic E-state index is 0.102. The summed E-state index contributed by atoms with van der Waals surface area (Å²) in [7, 11) is 0. The fourth-order valence-corrected chi connectivity index (χ4v) is 2.23. The van der Waals surface area contributed by atoms with Crippen molar-refractivity contribution in [2.24, 2.45) is 0 Å². The van der Waals surface area contributed by atoms with Crippen molar-refractivity contribution in [3.05, 3.63) is 54.1 Å². The van der Waals surface area contributed by atoms with Crippen LogP contribution < -0.4 is 11.1 Å². The number of hydrogen-bond donors (Lipinski definition) is 2. The summed E-state index contributed by atoms with van der Waals surface area (Å²) < 4.78 is 25.9. The van der Waals surface area contributed by atoms with Crippen LogP contribution in [0.3, 0.4) is 0 Å². The zero-order valence-corrected chi connectivity index (χ0v) is 11.2. The van der Waals surface area contributed by atoms with E-state index < -0.39 is 11.6 Å². The lowest BCUT2D eigenvalue weighted by Crippen LogP contribution is -2.14. The Balaban J connectivity index is 1.90. The van der Waals surface area contributed by atoms with Crippen LogP contribution in [-0.2, 0) is 4.79 Å². The largest absolute Gasteiger partial charge is 0.399 e. The van der Waals surface area contributed by atoms with Crippen LogP contribution in [0.2, 0.25) is 0 Å². The molecule has 20 heavy (non-hydrogen) atoms. The summed E-state index contributed by atoms with van der Waals surface area (Å²) in [5, 5.41) is 2.44. The van der Waals surface area contributed by atoms with E-state index in [1.807, 2.05) is 0 Å². The minimum Gasteiger partial charge on any atom is -0.399 e. The molecule has 0 aromatic heterocycles. The first-order valence-electron chi connectivity index (χ1n) is 5.77. The SMILES string of the molecule is Nc1ccc(SCC(=O)Nc2cc(F)cc(F)c2)cc1. The number of benzene rings is 2. The zero-order valence-electron chi connectivity index (χ0n) is 10.4. The highest BCUT2D eigenvalue weighted by Gasteiger charge is 2.06. The molecule has 2 aromatic rings. The Hall–Kier alpha value is -2.08. The molecule has 2 rings (SSSR count). The molecule has 1 amide bonds. The molecular formula is C14H12F2N2OS. The number of thioether (sulfide) groups is 1. The van der Waals surface area contributed by atoms with E-state index in [9.17, 15) is 13.6 Å². The molecule has 0 bridgehead atoms. The van der Waals surface area contributed by atoms with Gasteiger partial charge in [0.2, 0.25) is 5.91 Å². The first-order chi connectivity index (χ1) is 9.52. The number of halogens is 2. The maximum absolute atomic E-state index is 13.0. The van der Waals surface area contributed by atoms with Crippen LogP contribution in [0.25, 0.3) is 0 Å². The van der Waals surface area contributed by atoms with Crippen LogP contribution in [0.4, 0.5) is 20.2 Å². The van der Waals surface area contributed by atoms with Gasteiger partial charge in [-0.3, -0.25) is 4.79 Å². The van der Waals surface area contributed by atoms with Crippen molar-refractivity contribution < 1.29 is 13.6 Å². The molecule has 3 nitrogen and oxygen atoms in total. The molecule has 0 saturated carbocycles. The number of carbonyl (C=O) groups excluding carboxylic acids is 1. The van der Waals surface area contributed by atoms with Crippen LogP contribution >= 0.6 is 11.8 Å². The van der Waals surface area contributed by atoms with Crippen molar-refractivity contribution in [3.63, 3.8) is 0 Å². The van der Waals surface area contributed by atoms with Gasteiger partial charge in [-0.05, 0) is 36.4 Å². The Morgan fingerprint density at radius 2 is 1.70 bits per heavy atom. The topological polar surface area (TPSA) is 55.1 Å². The van der Waals surface area contributed by atoms with Crippen molar-refractivity contribution in [3.8, 4) is 0 Å². The van der Waals surface area contributed by atoms with Crippen LogP contribution in [-0.4, -0.2) is 11.7 Å². The van der Waals surface area contributed by atoms with E-state index in [-0.39, 0.29) is 17.3 Å². The number of nitrogen functional groups attached to an aromatic ring is 1. The van der Waals surface area contributed by atoms with Gasteiger partial charge in [0, 0.05) is 22.3 Å². The number of nitrogens with two attached hydrogens (primary N) is 1. The predicted octanol–water partition coefficient (Wildman–Crippen LogP) is 3.28. The number of nitrogens with one attached hydrogen (secondary N) is 1. The summed E-state index contributed by atoms with van der Waals surface area (Å²) in [4.78, 5) is 12.6. The lowest BCUT2D eigenvalue weighted by atomic mass is 10.3. The van der Waals surface area contributed by atoms with Crippen LogP contribution in [0.15, 0.2) is 47.4 Å². The third-order valence-electron chi connectivity index (χ3n) is 2.40. The number of anilines is 2. The van der Waals surface area contributed by atoms with E-state index in [0.29, 0.717) is 5.69 Å². The first-order valence-corrected chi connectivity index (χ1v) is 6.76. The van der Waals surface area contributed by atoms with Crippen molar-refractivity contribution in [1.82, 2.24) is 0 Å². The second kappa shape index (κ2) is 6.38. The summed E-state index contributed by atoms with van der Waals surface area (Å²) in [6, 6.07) is 9.96. The van der Waals surface area contributed by atoms with Gasteiger partial charge in [0.15, 0.2) is 0 Å². The third kappa shape index (κ3) is 4.24. The molecule has 0 saturated heterocycles.